The number of benzene rings is 1. The van der Waals surface area contributed by atoms with Gasteiger partial charge < -0.3 is 5.32 Å². The first-order chi connectivity index (χ1) is 12.1. The van der Waals surface area contributed by atoms with Crippen molar-refractivity contribution < 1.29 is 9.59 Å². The standard InChI is InChI=1S/C18H18BrN3O2S/c19-16-7-6-14(25-16)12-20-17(23)8-9-18(24)22-11-10-15(21-22)13-4-2-1-3-5-13/h1-7H,8-12H2,(H,20,23). The van der Waals surface area contributed by atoms with Gasteiger partial charge in [0, 0.05) is 24.1 Å². The van der Waals surface area contributed by atoms with Gasteiger partial charge in [-0.2, -0.15) is 5.10 Å². The van der Waals surface area contributed by atoms with E-state index in [1.807, 2.05) is 42.5 Å². The Morgan fingerprint density at radius 3 is 2.68 bits per heavy atom. The van der Waals surface area contributed by atoms with E-state index in [0.717, 1.165) is 26.4 Å². The molecule has 7 heteroatoms. The Morgan fingerprint density at radius 2 is 1.96 bits per heavy atom. The summed E-state index contributed by atoms with van der Waals surface area (Å²) in [6.45, 7) is 1.07. The number of nitrogens with zero attached hydrogens (tertiary/aromatic N) is 2. The minimum atomic E-state index is -0.121. The molecule has 1 aromatic heterocycles. The van der Waals surface area contributed by atoms with Crippen molar-refractivity contribution >= 4 is 44.8 Å². The molecule has 3 rings (SSSR count). The Morgan fingerprint density at radius 1 is 1.16 bits per heavy atom. The van der Waals surface area contributed by atoms with Gasteiger partial charge in [0.25, 0.3) is 0 Å². The minimum Gasteiger partial charge on any atom is -0.351 e. The molecule has 1 aliphatic rings. The van der Waals surface area contributed by atoms with Crippen molar-refractivity contribution in [2.45, 2.75) is 25.8 Å². The molecule has 0 radical (unpaired) electrons. The van der Waals surface area contributed by atoms with E-state index in [2.05, 4.69) is 26.3 Å². The predicted octanol–water partition coefficient (Wildman–Crippen LogP) is 3.54. The summed E-state index contributed by atoms with van der Waals surface area (Å²) in [6, 6.07) is 13.8. The summed E-state index contributed by atoms with van der Waals surface area (Å²) >= 11 is 4.97. The van der Waals surface area contributed by atoms with E-state index in [0.29, 0.717) is 13.1 Å². The Kier molecular flexibility index (Phi) is 5.99. The van der Waals surface area contributed by atoms with Crippen LogP contribution in [-0.4, -0.2) is 29.1 Å². The fraction of sp³-hybridized carbons (Fsp3) is 0.278. The SMILES string of the molecule is O=C(CCC(=O)N1CCC(c2ccccc2)=N1)NCc1ccc(Br)s1. The number of rotatable bonds is 6. The first-order valence-corrected chi connectivity index (χ1v) is 9.67. The number of halogens is 1. The zero-order chi connectivity index (χ0) is 17.6. The maximum absolute atomic E-state index is 12.2. The number of carbonyl (C=O) groups excluding carboxylic acids is 2. The first kappa shape index (κ1) is 17.8. The maximum atomic E-state index is 12.2. The first-order valence-electron chi connectivity index (χ1n) is 8.06. The zero-order valence-electron chi connectivity index (χ0n) is 13.6. The van der Waals surface area contributed by atoms with Crippen molar-refractivity contribution in [2.24, 2.45) is 5.10 Å². The van der Waals surface area contributed by atoms with E-state index in [1.165, 1.54) is 5.01 Å². The van der Waals surface area contributed by atoms with Crippen LogP contribution in [0.4, 0.5) is 0 Å². The molecular weight excluding hydrogens is 402 g/mol. The van der Waals surface area contributed by atoms with Gasteiger partial charge in [0.05, 0.1) is 22.6 Å². The van der Waals surface area contributed by atoms with Crippen LogP contribution in [0.1, 0.15) is 29.7 Å². The topological polar surface area (TPSA) is 61.8 Å². The van der Waals surface area contributed by atoms with Crippen LogP contribution in [-0.2, 0) is 16.1 Å². The number of hydrogen-bond donors (Lipinski definition) is 1. The summed E-state index contributed by atoms with van der Waals surface area (Å²) in [4.78, 5) is 25.2. The lowest BCUT2D eigenvalue weighted by Crippen LogP contribution is -2.27. The number of hydrogen-bond acceptors (Lipinski definition) is 4. The molecule has 0 fully saturated rings. The molecule has 2 amide bonds. The van der Waals surface area contributed by atoms with E-state index in [9.17, 15) is 9.59 Å². The van der Waals surface area contributed by atoms with E-state index in [1.54, 1.807) is 11.3 Å². The van der Waals surface area contributed by atoms with Crippen LogP contribution >= 0.6 is 27.3 Å². The van der Waals surface area contributed by atoms with E-state index in [-0.39, 0.29) is 24.7 Å². The number of carbonyl (C=O) groups is 2. The molecule has 2 aromatic rings. The van der Waals surface area contributed by atoms with Crippen LogP contribution in [0.25, 0.3) is 0 Å². The van der Waals surface area contributed by atoms with E-state index in [4.69, 9.17) is 0 Å². The summed E-state index contributed by atoms with van der Waals surface area (Å²) in [5.74, 6) is -0.232. The monoisotopic (exact) mass is 419 g/mol. The molecular formula is C18H18BrN3O2S. The van der Waals surface area contributed by atoms with Gasteiger partial charge >= 0.3 is 0 Å². The Balaban J connectivity index is 1.45. The largest absolute Gasteiger partial charge is 0.351 e. The molecule has 1 N–H and O–H groups in total. The minimum absolute atomic E-state index is 0.111. The number of amides is 2. The van der Waals surface area contributed by atoms with Crippen molar-refractivity contribution in [1.29, 1.82) is 0 Å². The zero-order valence-corrected chi connectivity index (χ0v) is 16.0. The van der Waals surface area contributed by atoms with Crippen molar-refractivity contribution in [2.75, 3.05) is 6.54 Å². The van der Waals surface area contributed by atoms with Gasteiger partial charge in [-0.1, -0.05) is 30.3 Å². The van der Waals surface area contributed by atoms with Crippen LogP contribution in [0.3, 0.4) is 0 Å². The number of hydrazone groups is 1. The molecule has 1 aromatic carbocycles. The third-order valence-corrected chi connectivity index (χ3v) is 5.47. The molecule has 0 bridgehead atoms. The second kappa shape index (κ2) is 8.40. The van der Waals surface area contributed by atoms with Crippen LogP contribution in [0.5, 0.6) is 0 Å². The normalized spacial score (nSPS) is 13.6. The fourth-order valence-corrected chi connectivity index (χ4v) is 3.96. The highest BCUT2D eigenvalue weighted by atomic mass is 79.9. The van der Waals surface area contributed by atoms with Gasteiger partial charge in [-0.3, -0.25) is 9.59 Å². The summed E-state index contributed by atoms with van der Waals surface area (Å²) in [5.41, 5.74) is 1.96. The molecule has 0 atom stereocenters. The number of nitrogens with one attached hydrogen (secondary N) is 1. The molecule has 0 saturated heterocycles. The third-order valence-electron chi connectivity index (χ3n) is 3.85. The van der Waals surface area contributed by atoms with Crippen LogP contribution < -0.4 is 5.32 Å². The molecule has 0 aliphatic carbocycles. The lowest BCUT2D eigenvalue weighted by Gasteiger charge is -2.11. The average molecular weight is 420 g/mol. The molecule has 2 heterocycles. The van der Waals surface area contributed by atoms with Crippen molar-refractivity contribution in [3.63, 3.8) is 0 Å². The highest BCUT2D eigenvalue weighted by Gasteiger charge is 2.21. The maximum Gasteiger partial charge on any atom is 0.243 e. The van der Waals surface area contributed by atoms with Crippen molar-refractivity contribution in [3.05, 3.63) is 56.7 Å². The van der Waals surface area contributed by atoms with Crippen molar-refractivity contribution in [1.82, 2.24) is 10.3 Å². The highest BCUT2D eigenvalue weighted by Crippen LogP contribution is 2.21. The second-order valence-electron chi connectivity index (χ2n) is 5.66. The van der Waals surface area contributed by atoms with Crippen LogP contribution in [0, 0.1) is 0 Å². The van der Waals surface area contributed by atoms with Gasteiger partial charge in [-0.15, -0.1) is 11.3 Å². The fourth-order valence-electron chi connectivity index (χ4n) is 2.54. The van der Waals surface area contributed by atoms with Crippen LogP contribution in [0.15, 0.2) is 51.4 Å². The van der Waals surface area contributed by atoms with Gasteiger partial charge in [0.1, 0.15) is 0 Å². The smallest absolute Gasteiger partial charge is 0.243 e. The summed E-state index contributed by atoms with van der Waals surface area (Å²) < 4.78 is 1.04. The van der Waals surface area contributed by atoms with Gasteiger partial charge in [-0.25, -0.2) is 5.01 Å². The molecule has 0 unspecified atom stereocenters. The lowest BCUT2D eigenvalue weighted by molar-refractivity contribution is -0.133. The van der Waals surface area contributed by atoms with E-state index >= 15 is 0 Å². The summed E-state index contributed by atoms with van der Waals surface area (Å²) in [5, 5.41) is 8.71. The summed E-state index contributed by atoms with van der Waals surface area (Å²) in [6.07, 6.45) is 1.10. The van der Waals surface area contributed by atoms with E-state index < -0.39 is 0 Å². The molecule has 0 spiro atoms. The van der Waals surface area contributed by atoms with Gasteiger partial charge in [0.2, 0.25) is 11.8 Å². The quantitative estimate of drug-likeness (QED) is 0.777. The van der Waals surface area contributed by atoms with Gasteiger partial charge in [-0.05, 0) is 33.6 Å². The average Bonchev–Trinajstić information content (AvgIpc) is 3.28. The highest BCUT2D eigenvalue weighted by molar-refractivity contribution is 9.11. The summed E-state index contributed by atoms with van der Waals surface area (Å²) in [7, 11) is 0. The second-order valence-corrected chi connectivity index (χ2v) is 8.21. The molecule has 0 saturated carbocycles. The molecule has 1 aliphatic heterocycles. The Hall–Kier alpha value is -1.99. The lowest BCUT2D eigenvalue weighted by atomic mass is 10.1. The third kappa shape index (κ3) is 4.99. The van der Waals surface area contributed by atoms with Crippen molar-refractivity contribution in [3.8, 4) is 0 Å². The Bertz CT molecular complexity index is 789. The van der Waals surface area contributed by atoms with Gasteiger partial charge in [0.15, 0.2) is 0 Å². The molecule has 130 valence electrons. The molecule has 25 heavy (non-hydrogen) atoms. The molecule has 5 nitrogen and oxygen atoms in total. The van der Waals surface area contributed by atoms with Crippen LogP contribution in [0.2, 0.25) is 0 Å². The number of thiophene rings is 1. The Labute approximate surface area is 158 Å². The predicted molar refractivity (Wildman–Crippen MR) is 102 cm³/mol.